The van der Waals surface area contributed by atoms with Crippen LogP contribution in [-0.4, -0.2) is 31.1 Å². The van der Waals surface area contributed by atoms with Crippen LogP contribution in [0.2, 0.25) is 0 Å². The molecule has 2 unspecified atom stereocenters. The van der Waals surface area contributed by atoms with Gasteiger partial charge in [-0.1, -0.05) is 34.1 Å². The lowest BCUT2D eigenvalue weighted by Crippen LogP contribution is -2.35. The molecule has 82 valence electrons. The number of rotatable bonds is 2. The summed E-state index contributed by atoms with van der Waals surface area (Å²) in [7, 11) is 2.16. The van der Waals surface area contributed by atoms with Gasteiger partial charge in [-0.25, -0.2) is 0 Å². The van der Waals surface area contributed by atoms with Crippen LogP contribution in [0.4, 0.5) is 0 Å². The van der Waals surface area contributed by atoms with Crippen molar-refractivity contribution in [2.75, 3.05) is 20.1 Å². The number of hydrogen-bond donors (Lipinski definition) is 1. The van der Waals surface area contributed by atoms with Crippen molar-refractivity contribution >= 4 is 15.9 Å². The molecular weight excluding hydrogens is 252 g/mol. The van der Waals surface area contributed by atoms with Crippen LogP contribution >= 0.6 is 15.9 Å². The first-order chi connectivity index (χ1) is 7.24. The quantitative estimate of drug-likeness (QED) is 0.891. The van der Waals surface area contributed by atoms with Crippen molar-refractivity contribution in [3.05, 3.63) is 34.3 Å². The second kappa shape index (κ2) is 4.64. The molecule has 1 heterocycles. The Morgan fingerprint density at radius 2 is 2.20 bits per heavy atom. The first-order valence-corrected chi connectivity index (χ1v) is 6.18. The third kappa shape index (κ3) is 2.10. The topological polar surface area (TPSA) is 29.3 Å². The maximum atomic E-state index is 5.85. The molecule has 15 heavy (non-hydrogen) atoms. The number of nitrogens with two attached hydrogens (primary N) is 1. The summed E-state index contributed by atoms with van der Waals surface area (Å²) in [5, 5.41) is 0. The summed E-state index contributed by atoms with van der Waals surface area (Å²) in [6.07, 6.45) is 1.21. The Morgan fingerprint density at radius 1 is 1.47 bits per heavy atom. The highest BCUT2D eigenvalue weighted by molar-refractivity contribution is 9.10. The van der Waals surface area contributed by atoms with E-state index in [0.717, 1.165) is 13.1 Å². The average Bonchev–Trinajstić information content (AvgIpc) is 2.60. The van der Waals surface area contributed by atoms with Crippen molar-refractivity contribution in [1.29, 1.82) is 0 Å². The minimum absolute atomic E-state index is 0.490. The molecule has 1 aromatic rings. The van der Waals surface area contributed by atoms with E-state index in [2.05, 4.69) is 52.1 Å². The molecule has 0 radical (unpaired) electrons. The Balaban J connectivity index is 2.28. The molecule has 1 saturated heterocycles. The highest BCUT2D eigenvalue weighted by atomic mass is 79.9. The van der Waals surface area contributed by atoms with Crippen LogP contribution in [0.25, 0.3) is 0 Å². The molecule has 1 aliphatic heterocycles. The maximum Gasteiger partial charge on any atom is 0.0284 e. The third-order valence-corrected chi connectivity index (χ3v) is 4.09. The van der Waals surface area contributed by atoms with E-state index in [0.29, 0.717) is 12.0 Å². The molecule has 2 nitrogen and oxygen atoms in total. The first kappa shape index (κ1) is 11.1. The summed E-state index contributed by atoms with van der Waals surface area (Å²) in [5.41, 5.74) is 7.25. The van der Waals surface area contributed by atoms with E-state index in [4.69, 9.17) is 5.73 Å². The lowest BCUT2D eigenvalue weighted by molar-refractivity contribution is 0.303. The van der Waals surface area contributed by atoms with Gasteiger partial charge in [0.05, 0.1) is 0 Å². The van der Waals surface area contributed by atoms with Crippen LogP contribution in [0.15, 0.2) is 28.7 Å². The Kier molecular flexibility index (Phi) is 3.44. The Hall–Kier alpha value is -0.380. The van der Waals surface area contributed by atoms with Crippen molar-refractivity contribution in [2.45, 2.75) is 18.4 Å². The number of likely N-dealkylation sites (tertiary alicyclic amines) is 1. The Labute approximate surface area is 99.6 Å². The maximum absolute atomic E-state index is 5.85. The lowest BCUT2D eigenvalue weighted by Gasteiger charge is -2.24. The predicted octanol–water partition coefficient (Wildman–Crippen LogP) is 2.20. The monoisotopic (exact) mass is 268 g/mol. The van der Waals surface area contributed by atoms with Gasteiger partial charge in [0.1, 0.15) is 0 Å². The van der Waals surface area contributed by atoms with E-state index < -0.39 is 0 Å². The van der Waals surface area contributed by atoms with Gasteiger partial charge in [0.15, 0.2) is 0 Å². The zero-order valence-electron chi connectivity index (χ0n) is 8.99. The van der Waals surface area contributed by atoms with Gasteiger partial charge < -0.3 is 10.6 Å². The molecule has 0 aliphatic carbocycles. The number of nitrogens with zero attached hydrogens (tertiary/aromatic N) is 1. The fourth-order valence-electron chi connectivity index (χ4n) is 2.49. The van der Waals surface area contributed by atoms with Gasteiger partial charge in [-0.05, 0) is 31.6 Å². The van der Waals surface area contributed by atoms with Gasteiger partial charge in [0, 0.05) is 23.0 Å². The van der Waals surface area contributed by atoms with E-state index in [1.807, 2.05) is 0 Å². The second-order valence-corrected chi connectivity index (χ2v) is 5.05. The fraction of sp³-hybridized carbons (Fsp3) is 0.500. The summed E-state index contributed by atoms with van der Waals surface area (Å²) in [6.45, 7) is 1.89. The zero-order chi connectivity index (χ0) is 10.8. The molecule has 3 heteroatoms. The molecule has 1 aliphatic rings. The standard InChI is InChI=1S/C12H17BrN2/c1-15-7-6-10(12(15)8-14)9-4-2-3-5-11(9)13/h2-5,10,12H,6-8,14H2,1H3. The Bertz CT molecular complexity index is 340. The van der Waals surface area contributed by atoms with Crippen molar-refractivity contribution < 1.29 is 0 Å². The summed E-state index contributed by atoms with van der Waals surface area (Å²) in [6, 6.07) is 8.97. The lowest BCUT2D eigenvalue weighted by atomic mass is 9.92. The summed E-state index contributed by atoms with van der Waals surface area (Å²) in [4.78, 5) is 2.37. The van der Waals surface area contributed by atoms with E-state index in [1.165, 1.54) is 16.5 Å². The van der Waals surface area contributed by atoms with E-state index in [9.17, 15) is 0 Å². The smallest absolute Gasteiger partial charge is 0.0284 e. The van der Waals surface area contributed by atoms with Gasteiger partial charge >= 0.3 is 0 Å². The van der Waals surface area contributed by atoms with E-state index in [1.54, 1.807) is 0 Å². The molecule has 0 saturated carbocycles. The fourth-order valence-corrected chi connectivity index (χ4v) is 3.07. The number of hydrogen-bond acceptors (Lipinski definition) is 2. The van der Waals surface area contributed by atoms with Crippen molar-refractivity contribution in [1.82, 2.24) is 4.90 Å². The molecule has 2 rings (SSSR count). The first-order valence-electron chi connectivity index (χ1n) is 5.38. The van der Waals surface area contributed by atoms with Crippen LogP contribution in [0, 0.1) is 0 Å². The zero-order valence-corrected chi connectivity index (χ0v) is 10.6. The summed E-state index contributed by atoms with van der Waals surface area (Å²) in [5.74, 6) is 0.579. The second-order valence-electron chi connectivity index (χ2n) is 4.20. The Morgan fingerprint density at radius 3 is 2.87 bits per heavy atom. The molecule has 0 amide bonds. The van der Waals surface area contributed by atoms with Crippen LogP contribution in [0.5, 0.6) is 0 Å². The number of benzene rings is 1. The van der Waals surface area contributed by atoms with Gasteiger partial charge in [-0.3, -0.25) is 0 Å². The van der Waals surface area contributed by atoms with Gasteiger partial charge in [0.2, 0.25) is 0 Å². The number of likely N-dealkylation sites (N-methyl/N-ethyl adjacent to an activating group) is 1. The van der Waals surface area contributed by atoms with Gasteiger partial charge in [-0.15, -0.1) is 0 Å². The van der Waals surface area contributed by atoms with Crippen molar-refractivity contribution in [2.24, 2.45) is 5.73 Å². The van der Waals surface area contributed by atoms with Gasteiger partial charge in [-0.2, -0.15) is 0 Å². The number of halogens is 1. The minimum Gasteiger partial charge on any atom is -0.329 e. The SMILES string of the molecule is CN1CCC(c2ccccc2Br)C1CN. The molecule has 1 fully saturated rings. The molecule has 2 N–H and O–H groups in total. The predicted molar refractivity (Wildman–Crippen MR) is 67.0 cm³/mol. The van der Waals surface area contributed by atoms with Crippen LogP contribution < -0.4 is 5.73 Å². The van der Waals surface area contributed by atoms with Crippen molar-refractivity contribution in [3.8, 4) is 0 Å². The van der Waals surface area contributed by atoms with Crippen LogP contribution in [0.3, 0.4) is 0 Å². The minimum atomic E-state index is 0.490. The molecule has 0 aromatic heterocycles. The van der Waals surface area contributed by atoms with Crippen molar-refractivity contribution in [3.63, 3.8) is 0 Å². The van der Waals surface area contributed by atoms with Crippen LogP contribution in [-0.2, 0) is 0 Å². The summed E-state index contributed by atoms with van der Waals surface area (Å²) < 4.78 is 1.21. The van der Waals surface area contributed by atoms with E-state index in [-0.39, 0.29) is 0 Å². The summed E-state index contributed by atoms with van der Waals surface area (Å²) >= 11 is 3.62. The molecule has 0 spiro atoms. The van der Waals surface area contributed by atoms with Gasteiger partial charge in [0.25, 0.3) is 0 Å². The molecule has 0 bridgehead atoms. The molecule has 2 atom stereocenters. The highest BCUT2D eigenvalue weighted by Crippen LogP contribution is 2.35. The van der Waals surface area contributed by atoms with E-state index >= 15 is 0 Å². The molecular formula is C12H17BrN2. The average molecular weight is 269 g/mol. The van der Waals surface area contributed by atoms with Crippen LogP contribution in [0.1, 0.15) is 17.9 Å². The third-order valence-electron chi connectivity index (χ3n) is 3.37. The normalized spacial score (nSPS) is 27.1. The highest BCUT2D eigenvalue weighted by Gasteiger charge is 2.32. The largest absolute Gasteiger partial charge is 0.329 e. The molecule has 1 aromatic carbocycles.